The third kappa shape index (κ3) is 4.65. The monoisotopic (exact) mass is 513 g/mol. The highest BCUT2D eigenvalue weighted by Crippen LogP contribution is 2.32. The molecule has 5 rings (SSSR count). The molecule has 1 amide bonds. The third-order valence-corrected chi connectivity index (χ3v) is 7.34. The van der Waals surface area contributed by atoms with Crippen LogP contribution in [0.3, 0.4) is 0 Å². The summed E-state index contributed by atoms with van der Waals surface area (Å²) in [6.45, 7) is 6.49. The van der Waals surface area contributed by atoms with E-state index < -0.39 is 6.04 Å². The number of carbonyl (C=O) groups is 1. The first-order valence-electron chi connectivity index (χ1n) is 12.0. The number of allylic oxidation sites excluding steroid dienone is 1. The van der Waals surface area contributed by atoms with E-state index in [2.05, 4.69) is 10.4 Å². The van der Waals surface area contributed by atoms with Gasteiger partial charge in [-0.05, 0) is 62.2 Å². The number of rotatable bonds is 6. The van der Waals surface area contributed by atoms with Crippen LogP contribution in [0.5, 0.6) is 5.75 Å². The van der Waals surface area contributed by atoms with E-state index in [0.717, 1.165) is 17.7 Å². The van der Waals surface area contributed by atoms with E-state index >= 15 is 0 Å². The molecular weight excluding hydrogens is 486 g/mol. The Hall–Kier alpha value is -4.24. The lowest BCUT2D eigenvalue weighted by molar-refractivity contribution is -0.113. The Morgan fingerprint density at radius 3 is 2.57 bits per heavy atom. The highest BCUT2D eigenvalue weighted by molar-refractivity contribution is 7.07. The summed E-state index contributed by atoms with van der Waals surface area (Å²) in [5.41, 5.74) is 3.90. The van der Waals surface area contributed by atoms with E-state index in [0.29, 0.717) is 37.7 Å². The summed E-state index contributed by atoms with van der Waals surface area (Å²) in [5, 5.41) is 7.51. The average molecular weight is 514 g/mol. The Balaban J connectivity index is 1.66. The summed E-state index contributed by atoms with van der Waals surface area (Å²) in [5.74, 6) is 0.390. The van der Waals surface area contributed by atoms with Crippen LogP contribution < -0.4 is 24.9 Å². The van der Waals surface area contributed by atoms with Crippen molar-refractivity contribution in [1.82, 2.24) is 14.3 Å². The molecule has 0 unspecified atom stereocenters. The minimum Gasteiger partial charge on any atom is -0.497 e. The molecule has 0 saturated carbocycles. The molecule has 0 radical (unpaired) electrons. The van der Waals surface area contributed by atoms with Gasteiger partial charge in [0, 0.05) is 18.4 Å². The van der Waals surface area contributed by atoms with Crippen LogP contribution in [-0.4, -0.2) is 27.4 Å². The standard InChI is InChI=1S/C28H27N5O3S/c1-5-32-15-14-20(31-32)16-23-27(35)33-25(19-10-12-21(36-4)13-11-19)24(18(3)29-28(33)37-23)26(34)30-22-9-7-6-8-17(22)2/h6-16,25H,5H2,1-4H3,(H,30,34)/b23-16+/t25-/m1/s1. The Morgan fingerprint density at radius 1 is 1.14 bits per heavy atom. The number of amides is 1. The second-order valence-corrected chi connectivity index (χ2v) is 9.73. The van der Waals surface area contributed by atoms with Crippen LogP contribution in [0.1, 0.15) is 36.7 Å². The van der Waals surface area contributed by atoms with Crippen molar-refractivity contribution in [3.05, 3.63) is 109 Å². The van der Waals surface area contributed by atoms with Crippen LogP contribution in [-0.2, 0) is 11.3 Å². The minimum absolute atomic E-state index is 0.218. The van der Waals surface area contributed by atoms with Crippen LogP contribution in [0.25, 0.3) is 6.08 Å². The lowest BCUT2D eigenvalue weighted by Crippen LogP contribution is -2.40. The Morgan fingerprint density at radius 2 is 1.89 bits per heavy atom. The van der Waals surface area contributed by atoms with Gasteiger partial charge in [-0.15, -0.1) is 0 Å². The van der Waals surface area contributed by atoms with Gasteiger partial charge in [0.15, 0.2) is 4.80 Å². The van der Waals surface area contributed by atoms with Gasteiger partial charge < -0.3 is 10.1 Å². The maximum absolute atomic E-state index is 13.8. The molecule has 9 heteroatoms. The lowest BCUT2D eigenvalue weighted by Gasteiger charge is -2.25. The van der Waals surface area contributed by atoms with Gasteiger partial charge in [0.05, 0.1) is 34.6 Å². The molecule has 1 aliphatic rings. The number of benzene rings is 2. The van der Waals surface area contributed by atoms with Crippen LogP contribution >= 0.6 is 11.3 Å². The zero-order valence-electron chi connectivity index (χ0n) is 21.1. The Bertz CT molecular complexity index is 1690. The number of nitrogens with one attached hydrogen (secondary N) is 1. The minimum atomic E-state index is -0.651. The normalized spacial score (nSPS) is 15.4. The highest BCUT2D eigenvalue weighted by Gasteiger charge is 2.32. The SMILES string of the molecule is CCn1ccc(/C=c2/sc3n(c2=O)[C@H](c2ccc(OC)cc2)C(C(=O)Nc2ccccc2C)=C(C)N=3)n1. The molecule has 3 heterocycles. The molecule has 1 N–H and O–H groups in total. The van der Waals surface area contributed by atoms with Crippen molar-refractivity contribution in [3.8, 4) is 5.75 Å². The smallest absolute Gasteiger partial charge is 0.271 e. The van der Waals surface area contributed by atoms with Gasteiger partial charge in [-0.1, -0.05) is 41.7 Å². The fraction of sp³-hybridized carbons (Fsp3) is 0.214. The first-order valence-corrected chi connectivity index (χ1v) is 12.8. The van der Waals surface area contributed by atoms with Crippen molar-refractivity contribution in [1.29, 1.82) is 0 Å². The second-order valence-electron chi connectivity index (χ2n) is 8.72. The van der Waals surface area contributed by atoms with Gasteiger partial charge in [0.25, 0.3) is 11.5 Å². The van der Waals surface area contributed by atoms with Gasteiger partial charge >= 0.3 is 0 Å². The molecule has 0 aliphatic carbocycles. The molecule has 8 nitrogen and oxygen atoms in total. The van der Waals surface area contributed by atoms with Gasteiger partial charge in [-0.2, -0.15) is 5.10 Å². The second kappa shape index (κ2) is 10.0. The van der Waals surface area contributed by atoms with Crippen LogP contribution in [0, 0.1) is 6.92 Å². The summed E-state index contributed by atoms with van der Waals surface area (Å²) in [7, 11) is 1.60. The number of hydrogen-bond donors (Lipinski definition) is 1. The van der Waals surface area contributed by atoms with Crippen LogP contribution in [0.2, 0.25) is 0 Å². The quantitative estimate of drug-likeness (QED) is 0.428. The molecule has 0 spiro atoms. The number of anilines is 1. The number of thiazole rings is 1. The highest BCUT2D eigenvalue weighted by atomic mass is 32.1. The predicted octanol–water partition coefficient (Wildman–Crippen LogP) is 3.41. The van der Waals surface area contributed by atoms with E-state index in [4.69, 9.17) is 9.73 Å². The Labute approximate surface area is 217 Å². The summed E-state index contributed by atoms with van der Waals surface area (Å²) >= 11 is 1.29. The topological polar surface area (TPSA) is 90.5 Å². The van der Waals surface area contributed by atoms with Crippen molar-refractivity contribution in [2.24, 2.45) is 4.99 Å². The van der Waals surface area contributed by atoms with Gasteiger partial charge in [-0.3, -0.25) is 18.8 Å². The number of fused-ring (bicyclic) bond motifs is 1. The molecular formula is C28H27N5O3S. The van der Waals surface area contributed by atoms with E-state index in [9.17, 15) is 9.59 Å². The lowest BCUT2D eigenvalue weighted by atomic mass is 9.95. The first-order chi connectivity index (χ1) is 17.9. The molecule has 1 atom stereocenters. The summed E-state index contributed by atoms with van der Waals surface area (Å²) in [4.78, 5) is 32.7. The summed E-state index contributed by atoms with van der Waals surface area (Å²) in [6.07, 6.45) is 3.65. The summed E-state index contributed by atoms with van der Waals surface area (Å²) in [6, 6.07) is 16.2. The van der Waals surface area contributed by atoms with Crippen molar-refractivity contribution >= 4 is 29.0 Å². The van der Waals surface area contributed by atoms with Crippen molar-refractivity contribution in [2.75, 3.05) is 12.4 Å². The third-order valence-electron chi connectivity index (χ3n) is 6.36. The molecule has 2 aromatic carbocycles. The number of carbonyl (C=O) groups excluding carboxylic acids is 1. The van der Waals surface area contributed by atoms with Crippen molar-refractivity contribution < 1.29 is 9.53 Å². The first kappa shape index (κ1) is 24.5. The zero-order chi connectivity index (χ0) is 26.1. The van der Waals surface area contributed by atoms with Crippen LogP contribution in [0.4, 0.5) is 5.69 Å². The number of methoxy groups -OCH3 is 1. The van der Waals surface area contributed by atoms with Crippen molar-refractivity contribution in [3.63, 3.8) is 0 Å². The molecule has 0 bridgehead atoms. The Kier molecular flexibility index (Phi) is 6.62. The maximum atomic E-state index is 13.8. The van der Waals surface area contributed by atoms with E-state index in [-0.39, 0.29) is 11.5 Å². The van der Waals surface area contributed by atoms with Crippen LogP contribution in [0.15, 0.2) is 81.9 Å². The number of ether oxygens (including phenoxy) is 1. The van der Waals surface area contributed by atoms with Gasteiger partial charge in [0.2, 0.25) is 0 Å². The number of para-hydroxylation sites is 1. The maximum Gasteiger partial charge on any atom is 0.271 e. The molecule has 37 heavy (non-hydrogen) atoms. The van der Waals surface area contributed by atoms with Crippen molar-refractivity contribution in [2.45, 2.75) is 33.4 Å². The molecule has 4 aromatic rings. The largest absolute Gasteiger partial charge is 0.497 e. The zero-order valence-corrected chi connectivity index (χ0v) is 21.9. The van der Waals surface area contributed by atoms with E-state index in [1.807, 2.05) is 81.6 Å². The number of nitrogens with zero attached hydrogens (tertiary/aromatic N) is 4. The molecule has 0 saturated heterocycles. The fourth-order valence-electron chi connectivity index (χ4n) is 4.38. The van der Waals surface area contributed by atoms with E-state index in [1.165, 1.54) is 11.3 Å². The molecule has 2 aromatic heterocycles. The predicted molar refractivity (Wildman–Crippen MR) is 144 cm³/mol. The van der Waals surface area contributed by atoms with Gasteiger partial charge in [0.1, 0.15) is 5.75 Å². The average Bonchev–Trinajstić information content (AvgIpc) is 3.48. The fourth-order valence-corrected chi connectivity index (χ4v) is 5.41. The molecule has 1 aliphatic heterocycles. The number of aryl methyl sites for hydroxylation is 2. The number of aromatic nitrogens is 3. The van der Waals surface area contributed by atoms with Gasteiger partial charge in [-0.25, -0.2) is 4.99 Å². The molecule has 0 fully saturated rings. The number of hydrogen-bond acceptors (Lipinski definition) is 6. The van der Waals surface area contributed by atoms with E-state index in [1.54, 1.807) is 22.4 Å². The molecule has 188 valence electrons. The summed E-state index contributed by atoms with van der Waals surface area (Å²) < 4.78 is 9.25.